The van der Waals surface area contributed by atoms with Gasteiger partial charge in [0, 0.05) is 19.3 Å². The number of hydrogen-bond donors (Lipinski definition) is 2. The maximum Gasteiger partial charge on any atom is 0.257 e. The van der Waals surface area contributed by atoms with Crippen LogP contribution in [0.5, 0.6) is 5.75 Å². The molecule has 1 aromatic carbocycles. The number of ether oxygens (including phenoxy) is 2. The molecule has 0 aromatic heterocycles. The minimum atomic E-state index is -0.218. The maximum atomic E-state index is 12.2. The van der Waals surface area contributed by atoms with Crippen LogP contribution in [-0.2, 0) is 4.74 Å². The van der Waals surface area contributed by atoms with Crippen molar-refractivity contribution in [3.63, 3.8) is 0 Å². The molecule has 3 N–H and O–H groups in total. The molecule has 1 amide bonds. The van der Waals surface area contributed by atoms with E-state index >= 15 is 0 Å². The van der Waals surface area contributed by atoms with Crippen molar-refractivity contribution < 1.29 is 14.3 Å². The summed E-state index contributed by atoms with van der Waals surface area (Å²) in [6.45, 7) is 5.49. The summed E-state index contributed by atoms with van der Waals surface area (Å²) < 4.78 is 10.5. The molecule has 0 aliphatic rings. The van der Waals surface area contributed by atoms with Crippen LogP contribution in [0.2, 0.25) is 0 Å². The number of methoxy groups -OCH3 is 1. The van der Waals surface area contributed by atoms with Crippen molar-refractivity contribution in [2.45, 2.75) is 13.8 Å². The summed E-state index contributed by atoms with van der Waals surface area (Å²) >= 11 is 0. The van der Waals surface area contributed by atoms with E-state index in [1.54, 1.807) is 25.3 Å². The minimum Gasteiger partial charge on any atom is -0.493 e. The van der Waals surface area contributed by atoms with Gasteiger partial charge in [0.25, 0.3) is 5.91 Å². The first-order valence-electron chi connectivity index (χ1n) is 6.38. The van der Waals surface area contributed by atoms with Gasteiger partial charge in [-0.1, -0.05) is 13.0 Å². The molecule has 19 heavy (non-hydrogen) atoms. The minimum absolute atomic E-state index is 0.218. The van der Waals surface area contributed by atoms with Crippen LogP contribution in [0.3, 0.4) is 0 Å². The fraction of sp³-hybridized carbons (Fsp3) is 0.500. The quantitative estimate of drug-likeness (QED) is 0.736. The highest BCUT2D eigenvalue weighted by atomic mass is 16.5. The first-order valence-corrected chi connectivity index (χ1v) is 6.38. The number of carbonyl (C=O) groups excluding carboxylic acids is 1. The van der Waals surface area contributed by atoms with Crippen LogP contribution < -0.4 is 15.8 Å². The number of hydrogen-bond acceptors (Lipinski definition) is 4. The molecule has 5 heteroatoms. The van der Waals surface area contributed by atoms with Crippen LogP contribution in [0.15, 0.2) is 18.2 Å². The Labute approximate surface area is 114 Å². The zero-order valence-corrected chi connectivity index (χ0v) is 11.7. The largest absolute Gasteiger partial charge is 0.493 e. The normalized spacial score (nSPS) is 11.9. The summed E-state index contributed by atoms with van der Waals surface area (Å²) in [6.07, 6.45) is 0. The van der Waals surface area contributed by atoms with Crippen molar-refractivity contribution in [2.24, 2.45) is 5.92 Å². The molecule has 1 aromatic rings. The van der Waals surface area contributed by atoms with Gasteiger partial charge in [0.15, 0.2) is 0 Å². The van der Waals surface area contributed by atoms with Gasteiger partial charge in [0.05, 0.1) is 13.2 Å². The maximum absolute atomic E-state index is 12.2. The molecule has 0 spiro atoms. The molecule has 0 aliphatic heterocycles. The van der Waals surface area contributed by atoms with Crippen LogP contribution >= 0.6 is 0 Å². The van der Waals surface area contributed by atoms with Crippen LogP contribution in [0, 0.1) is 5.92 Å². The summed E-state index contributed by atoms with van der Waals surface area (Å²) in [5, 5.41) is 2.84. The molecule has 0 fully saturated rings. The van der Waals surface area contributed by atoms with E-state index in [1.807, 2.05) is 13.8 Å². The Balaban J connectivity index is 2.75. The lowest BCUT2D eigenvalue weighted by Gasteiger charge is -2.15. The molecule has 0 saturated heterocycles. The smallest absolute Gasteiger partial charge is 0.257 e. The number of anilines is 1. The van der Waals surface area contributed by atoms with Crippen molar-refractivity contribution in [2.75, 3.05) is 32.6 Å². The Morgan fingerprint density at radius 2 is 2.21 bits per heavy atom. The van der Waals surface area contributed by atoms with E-state index in [0.29, 0.717) is 36.8 Å². The number of nitrogen functional groups attached to an aromatic ring is 1. The van der Waals surface area contributed by atoms with E-state index in [4.69, 9.17) is 15.2 Å². The molecule has 106 valence electrons. The molecule has 0 saturated carbocycles. The number of amides is 1. The molecule has 0 bridgehead atoms. The predicted octanol–water partition coefficient (Wildman–Crippen LogP) is 1.68. The van der Waals surface area contributed by atoms with E-state index < -0.39 is 0 Å². The molecule has 1 unspecified atom stereocenters. The van der Waals surface area contributed by atoms with Crippen molar-refractivity contribution >= 4 is 11.6 Å². The number of benzene rings is 1. The number of nitrogens with two attached hydrogens (primary N) is 1. The summed E-state index contributed by atoms with van der Waals surface area (Å²) in [4.78, 5) is 12.2. The monoisotopic (exact) mass is 266 g/mol. The molecule has 1 rings (SSSR count). The molecule has 0 aliphatic carbocycles. The zero-order valence-electron chi connectivity index (χ0n) is 11.7. The second-order valence-corrected chi connectivity index (χ2v) is 4.42. The molecule has 0 radical (unpaired) electrons. The Morgan fingerprint density at radius 1 is 1.47 bits per heavy atom. The molecule has 0 heterocycles. The number of carbonyl (C=O) groups is 1. The Bertz CT molecular complexity index is 421. The van der Waals surface area contributed by atoms with Gasteiger partial charge in [-0.2, -0.15) is 0 Å². The SMILES string of the molecule is CCOc1cccc(N)c1C(=O)NCC(C)COC. The lowest BCUT2D eigenvalue weighted by Crippen LogP contribution is -2.30. The van der Waals surface area contributed by atoms with Gasteiger partial charge in [-0.05, 0) is 25.0 Å². The summed E-state index contributed by atoms with van der Waals surface area (Å²) in [5.74, 6) is 0.540. The van der Waals surface area contributed by atoms with Crippen molar-refractivity contribution in [3.8, 4) is 5.75 Å². The third-order valence-corrected chi connectivity index (χ3v) is 2.65. The van der Waals surface area contributed by atoms with E-state index in [1.165, 1.54) is 0 Å². The van der Waals surface area contributed by atoms with Gasteiger partial charge < -0.3 is 20.5 Å². The van der Waals surface area contributed by atoms with Crippen molar-refractivity contribution in [3.05, 3.63) is 23.8 Å². The van der Waals surface area contributed by atoms with E-state index in [9.17, 15) is 4.79 Å². The highest BCUT2D eigenvalue weighted by Gasteiger charge is 2.16. The summed E-state index contributed by atoms with van der Waals surface area (Å²) in [5.41, 5.74) is 6.67. The van der Waals surface area contributed by atoms with E-state index in [-0.39, 0.29) is 11.8 Å². The van der Waals surface area contributed by atoms with Crippen LogP contribution in [0.4, 0.5) is 5.69 Å². The third kappa shape index (κ3) is 4.44. The fourth-order valence-corrected chi connectivity index (χ4v) is 1.77. The van der Waals surface area contributed by atoms with Crippen molar-refractivity contribution in [1.29, 1.82) is 0 Å². The first kappa shape index (κ1) is 15.3. The molecular weight excluding hydrogens is 244 g/mol. The Hall–Kier alpha value is -1.75. The van der Waals surface area contributed by atoms with Gasteiger partial charge in [-0.15, -0.1) is 0 Å². The summed E-state index contributed by atoms with van der Waals surface area (Å²) in [7, 11) is 1.64. The first-order chi connectivity index (χ1) is 9.10. The summed E-state index contributed by atoms with van der Waals surface area (Å²) in [6, 6.07) is 5.20. The van der Waals surface area contributed by atoms with Gasteiger partial charge in [-0.25, -0.2) is 0 Å². The highest BCUT2D eigenvalue weighted by molar-refractivity contribution is 6.01. The van der Waals surface area contributed by atoms with Gasteiger partial charge in [0.1, 0.15) is 11.3 Å². The predicted molar refractivity (Wildman–Crippen MR) is 75.4 cm³/mol. The second-order valence-electron chi connectivity index (χ2n) is 4.42. The highest BCUT2D eigenvalue weighted by Crippen LogP contribution is 2.24. The van der Waals surface area contributed by atoms with Crippen LogP contribution in [-0.4, -0.2) is 32.8 Å². The lowest BCUT2D eigenvalue weighted by atomic mass is 10.1. The van der Waals surface area contributed by atoms with E-state index in [2.05, 4.69) is 5.32 Å². The van der Waals surface area contributed by atoms with Gasteiger partial charge in [-0.3, -0.25) is 4.79 Å². The van der Waals surface area contributed by atoms with Crippen LogP contribution in [0.25, 0.3) is 0 Å². The van der Waals surface area contributed by atoms with Gasteiger partial charge >= 0.3 is 0 Å². The standard InChI is InChI=1S/C14H22N2O3/c1-4-19-12-7-5-6-11(15)13(12)14(17)16-8-10(2)9-18-3/h5-7,10H,4,8-9,15H2,1-3H3,(H,16,17). The lowest BCUT2D eigenvalue weighted by molar-refractivity contribution is 0.0931. The fourth-order valence-electron chi connectivity index (χ4n) is 1.77. The topological polar surface area (TPSA) is 73.6 Å². The van der Waals surface area contributed by atoms with Crippen LogP contribution in [0.1, 0.15) is 24.2 Å². The molecule has 1 atom stereocenters. The van der Waals surface area contributed by atoms with Gasteiger partial charge in [0.2, 0.25) is 0 Å². The average molecular weight is 266 g/mol. The molecule has 5 nitrogen and oxygen atoms in total. The van der Waals surface area contributed by atoms with Crippen molar-refractivity contribution in [1.82, 2.24) is 5.32 Å². The molecular formula is C14H22N2O3. The number of rotatable bonds is 7. The average Bonchev–Trinajstić information content (AvgIpc) is 2.37. The number of nitrogens with one attached hydrogen (secondary N) is 1. The Kier molecular flexibility index (Phi) is 6.15. The van der Waals surface area contributed by atoms with E-state index in [0.717, 1.165) is 0 Å². The zero-order chi connectivity index (χ0) is 14.3. The third-order valence-electron chi connectivity index (χ3n) is 2.65. The Morgan fingerprint density at radius 3 is 2.84 bits per heavy atom. The second kappa shape index (κ2) is 7.63.